The van der Waals surface area contributed by atoms with Crippen LogP contribution in [0.25, 0.3) is 0 Å². The van der Waals surface area contributed by atoms with Crippen LogP contribution in [0, 0.1) is 0 Å². The Labute approximate surface area is 83.8 Å². The lowest BCUT2D eigenvalue weighted by atomic mass is 9.93. The highest BCUT2D eigenvalue weighted by Gasteiger charge is 2.19. The Balaban J connectivity index is 3.01. The third-order valence-corrected chi connectivity index (χ3v) is 4.67. The van der Waals surface area contributed by atoms with E-state index in [1.165, 1.54) is 0 Å². The highest BCUT2D eigenvalue weighted by atomic mass is 31.0. The predicted molar refractivity (Wildman–Crippen MR) is 63.3 cm³/mol. The van der Waals surface area contributed by atoms with Crippen molar-refractivity contribution in [1.29, 1.82) is 0 Å². The van der Waals surface area contributed by atoms with Crippen LogP contribution in [0.4, 0.5) is 0 Å². The Morgan fingerprint density at radius 1 is 0.769 bits per heavy atom. The molecule has 0 fully saturated rings. The molecule has 0 amide bonds. The average Bonchev–Trinajstić information content (AvgIpc) is 2.28. The van der Waals surface area contributed by atoms with E-state index in [4.69, 9.17) is 0 Å². The summed E-state index contributed by atoms with van der Waals surface area (Å²) in [6.45, 7) is 13.8. The summed E-state index contributed by atoms with van der Waals surface area (Å²) in [6, 6.07) is 4.64. The van der Waals surface area contributed by atoms with E-state index in [2.05, 4.69) is 53.7 Å². The monoisotopic (exact) mass is 196 g/mol. The van der Waals surface area contributed by atoms with Crippen molar-refractivity contribution in [2.75, 3.05) is 0 Å². The van der Waals surface area contributed by atoms with Crippen molar-refractivity contribution >= 4 is 8.19 Å². The van der Waals surface area contributed by atoms with Crippen molar-refractivity contribution < 1.29 is 0 Å². The summed E-state index contributed by atoms with van der Waals surface area (Å²) < 4.78 is 0. The molecule has 0 aliphatic carbocycles. The smallest absolute Gasteiger partial charge is 0.00968 e. The lowest BCUT2D eigenvalue weighted by Crippen LogP contribution is -2.08. The van der Waals surface area contributed by atoms with Crippen molar-refractivity contribution in [2.24, 2.45) is 0 Å². The standard InChI is InChI=1S/C12H21P/c1-11(2,3)9-7-8-10(13-9)12(4,5)6/h7-8,13H,1-6H3. The first-order valence-corrected chi connectivity index (χ1v) is 5.91. The topological polar surface area (TPSA) is 0 Å². The first kappa shape index (κ1) is 10.9. The molecule has 1 heteroatoms. The molecule has 0 N–H and O–H groups in total. The van der Waals surface area contributed by atoms with Crippen LogP contribution in [-0.2, 0) is 10.8 Å². The molecule has 0 saturated carbocycles. The van der Waals surface area contributed by atoms with Gasteiger partial charge in [0, 0.05) is 0 Å². The van der Waals surface area contributed by atoms with Gasteiger partial charge < -0.3 is 0 Å². The highest BCUT2D eigenvalue weighted by Crippen LogP contribution is 2.38. The third kappa shape index (κ3) is 2.61. The molecule has 1 aromatic rings. The van der Waals surface area contributed by atoms with Crippen molar-refractivity contribution in [2.45, 2.75) is 52.4 Å². The largest absolute Gasteiger partial charge is 0.132 e. The van der Waals surface area contributed by atoms with Gasteiger partial charge in [0.15, 0.2) is 0 Å². The molecule has 74 valence electrons. The van der Waals surface area contributed by atoms with Crippen molar-refractivity contribution in [3.63, 3.8) is 0 Å². The van der Waals surface area contributed by atoms with Crippen LogP contribution < -0.4 is 0 Å². The Hall–Kier alpha value is -0.220. The van der Waals surface area contributed by atoms with Gasteiger partial charge in [0.05, 0.1) is 0 Å². The summed E-state index contributed by atoms with van der Waals surface area (Å²) in [5, 5.41) is 3.19. The number of rotatable bonds is 0. The molecule has 1 rings (SSSR count). The molecular formula is C12H21P. The third-order valence-electron chi connectivity index (χ3n) is 2.30. The van der Waals surface area contributed by atoms with E-state index in [1.807, 2.05) is 0 Å². The molecule has 1 heterocycles. The van der Waals surface area contributed by atoms with Gasteiger partial charge in [-0.3, -0.25) is 0 Å². The van der Waals surface area contributed by atoms with Crippen molar-refractivity contribution in [1.82, 2.24) is 0 Å². The molecular weight excluding hydrogens is 175 g/mol. The Morgan fingerprint density at radius 2 is 1.08 bits per heavy atom. The zero-order chi connectivity index (χ0) is 10.3. The van der Waals surface area contributed by atoms with Gasteiger partial charge in [0.25, 0.3) is 0 Å². The van der Waals surface area contributed by atoms with Gasteiger partial charge in [-0.1, -0.05) is 53.7 Å². The maximum Gasteiger partial charge on any atom is -0.00968 e. The van der Waals surface area contributed by atoms with E-state index in [0.29, 0.717) is 10.8 Å². The van der Waals surface area contributed by atoms with Crippen LogP contribution in [-0.4, -0.2) is 0 Å². The second kappa shape index (κ2) is 3.17. The molecule has 1 aromatic heterocycles. The first-order chi connectivity index (χ1) is 5.71. The van der Waals surface area contributed by atoms with Gasteiger partial charge >= 0.3 is 0 Å². The minimum absolute atomic E-state index is 0.349. The van der Waals surface area contributed by atoms with E-state index in [1.54, 1.807) is 10.6 Å². The van der Waals surface area contributed by atoms with E-state index >= 15 is 0 Å². The summed E-state index contributed by atoms with van der Waals surface area (Å²) in [7, 11) is 0.916. The lowest BCUT2D eigenvalue weighted by molar-refractivity contribution is 0.602. The number of hydrogen-bond acceptors (Lipinski definition) is 0. The fourth-order valence-corrected chi connectivity index (χ4v) is 2.64. The van der Waals surface area contributed by atoms with Gasteiger partial charge in [-0.2, -0.15) is 0 Å². The molecule has 0 aromatic carbocycles. The maximum atomic E-state index is 2.32. The second-order valence-electron chi connectivity index (χ2n) is 5.79. The Kier molecular flexibility index (Phi) is 2.65. The predicted octanol–water partition coefficient (Wildman–Crippen LogP) is 4.31. The van der Waals surface area contributed by atoms with Gasteiger partial charge in [0.1, 0.15) is 0 Å². The molecule has 0 unspecified atom stereocenters. The second-order valence-corrected chi connectivity index (χ2v) is 7.11. The minimum atomic E-state index is 0.349. The van der Waals surface area contributed by atoms with Crippen LogP contribution in [0.2, 0.25) is 0 Å². The van der Waals surface area contributed by atoms with E-state index in [9.17, 15) is 0 Å². The zero-order valence-electron chi connectivity index (χ0n) is 9.65. The van der Waals surface area contributed by atoms with Crippen LogP contribution in [0.15, 0.2) is 12.1 Å². The quantitative estimate of drug-likeness (QED) is 0.580. The maximum absolute atomic E-state index is 2.32. The Morgan fingerprint density at radius 3 is 1.23 bits per heavy atom. The fraction of sp³-hybridized carbons (Fsp3) is 0.667. The Bertz CT molecular complexity index is 252. The fourth-order valence-electron chi connectivity index (χ4n) is 1.27. The van der Waals surface area contributed by atoms with Crippen LogP contribution in [0.1, 0.15) is 52.1 Å². The number of hydrogen-bond donors (Lipinski definition) is 0. The van der Waals surface area contributed by atoms with Gasteiger partial charge in [-0.25, -0.2) is 0 Å². The molecule has 0 radical (unpaired) electrons. The van der Waals surface area contributed by atoms with E-state index in [0.717, 1.165) is 8.19 Å². The van der Waals surface area contributed by atoms with Crippen LogP contribution >= 0.6 is 8.19 Å². The minimum Gasteiger partial charge on any atom is -0.132 e. The van der Waals surface area contributed by atoms with Gasteiger partial charge in [0.2, 0.25) is 0 Å². The zero-order valence-corrected chi connectivity index (χ0v) is 10.7. The SMILES string of the molecule is CC(C)(C)c1ccc(C(C)(C)C)[pH]1. The summed E-state index contributed by atoms with van der Waals surface area (Å²) in [4.78, 5) is 0. The molecule has 0 nitrogen and oxygen atoms in total. The van der Waals surface area contributed by atoms with E-state index < -0.39 is 0 Å². The average molecular weight is 196 g/mol. The lowest BCUT2D eigenvalue weighted by Gasteiger charge is -2.19. The molecule has 0 aliphatic heterocycles. The normalized spacial score (nSPS) is 13.4. The molecule has 0 aliphatic rings. The van der Waals surface area contributed by atoms with Gasteiger partial charge in [-0.05, 0) is 21.4 Å². The van der Waals surface area contributed by atoms with Gasteiger partial charge in [-0.15, -0.1) is 8.19 Å². The van der Waals surface area contributed by atoms with Crippen molar-refractivity contribution in [3.05, 3.63) is 22.7 Å². The molecule has 0 spiro atoms. The summed E-state index contributed by atoms with van der Waals surface area (Å²) in [6.07, 6.45) is 0. The summed E-state index contributed by atoms with van der Waals surface area (Å²) >= 11 is 0. The van der Waals surface area contributed by atoms with Crippen LogP contribution in [0.5, 0.6) is 0 Å². The summed E-state index contributed by atoms with van der Waals surface area (Å²) in [5.41, 5.74) is 0.698. The molecule has 13 heavy (non-hydrogen) atoms. The highest BCUT2D eigenvalue weighted by molar-refractivity contribution is 7.32. The van der Waals surface area contributed by atoms with E-state index in [-0.39, 0.29) is 0 Å². The van der Waals surface area contributed by atoms with Crippen molar-refractivity contribution in [3.8, 4) is 0 Å². The van der Waals surface area contributed by atoms with Crippen LogP contribution in [0.3, 0.4) is 0 Å². The molecule has 0 bridgehead atoms. The summed E-state index contributed by atoms with van der Waals surface area (Å²) in [5.74, 6) is 0. The first-order valence-electron chi connectivity index (χ1n) is 4.91. The molecule has 0 saturated heterocycles. The molecule has 0 atom stereocenters.